The Morgan fingerprint density at radius 1 is 1.13 bits per heavy atom. The van der Waals surface area contributed by atoms with Gasteiger partial charge in [0.15, 0.2) is 5.11 Å². The first-order valence-corrected chi connectivity index (χ1v) is 13.1. The third kappa shape index (κ3) is 5.64. The second-order valence-electron chi connectivity index (χ2n) is 9.13. The molecule has 2 aromatic heterocycles. The maximum Gasteiger partial charge on any atom is 0.335 e. The minimum atomic E-state index is -1.06. The van der Waals surface area contributed by atoms with Crippen molar-refractivity contribution in [2.24, 2.45) is 0 Å². The molecular formula is C29H25ClN4O4S. The second kappa shape index (κ2) is 11.3. The summed E-state index contributed by atoms with van der Waals surface area (Å²) < 4.78 is 6.27. The van der Waals surface area contributed by atoms with E-state index in [9.17, 15) is 14.7 Å². The van der Waals surface area contributed by atoms with E-state index in [1.165, 1.54) is 18.2 Å². The molecule has 198 valence electrons. The average Bonchev–Trinajstić information content (AvgIpc) is 3.54. The third-order valence-electron chi connectivity index (χ3n) is 6.59. The van der Waals surface area contributed by atoms with Crippen LogP contribution in [-0.2, 0) is 4.79 Å². The van der Waals surface area contributed by atoms with Crippen molar-refractivity contribution in [1.82, 2.24) is 15.2 Å². The Kier molecular flexibility index (Phi) is 7.63. The number of carbonyl (C=O) groups is 2. The summed E-state index contributed by atoms with van der Waals surface area (Å²) in [4.78, 5) is 30.8. The van der Waals surface area contributed by atoms with Crippen LogP contribution in [0.2, 0.25) is 5.02 Å². The summed E-state index contributed by atoms with van der Waals surface area (Å²) in [6, 6.07) is 20.5. The maximum absolute atomic E-state index is 12.8. The number of carbonyl (C=O) groups excluding carboxylic acids is 1. The number of benzene rings is 2. The number of carboxylic acids is 1. The highest BCUT2D eigenvalue weighted by molar-refractivity contribution is 7.80. The van der Waals surface area contributed by atoms with Crippen molar-refractivity contribution in [2.45, 2.75) is 25.4 Å². The Balaban J connectivity index is 1.43. The first-order chi connectivity index (χ1) is 18.8. The van der Waals surface area contributed by atoms with E-state index in [1.807, 2.05) is 60.4 Å². The molecule has 1 aliphatic rings. The fourth-order valence-corrected chi connectivity index (χ4v) is 5.15. The monoisotopic (exact) mass is 560 g/mol. The molecule has 1 fully saturated rings. The molecule has 0 aliphatic carbocycles. The van der Waals surface area contributed by atoms with Crippen molar-refractivity contribution in [2.75, 3.05) is 11.9 Å². The minimum absolute atomic E-state index is 0.101. The number of aromatic carboxylic acids is 1. The van der Waals surface area contributed by atoms with Gasteiger partial charge in [0.05, 0.1) is 22.3 Å². The number of hydrogen-bond acceptors (Lipinski definition) is 5. The normalized spacial score (nSPS) is 16.7. The van der Waals surface area contributed by atoms with E-state index < -0.39 is 12.0 Å². The SMILES string of the molecule is Cc1ccccc1NC(=O)CCN1C(=S)N[C@@H](c2ccccn2)[C@H]1c1ccc(-c2cc(C(=O)O)ccc2Cl)o1. The number of carboxylic acid groups (broad SMARTS) is 1. The summed E-state index contributed by atoms with van der Waals surface area (Å²) in [6.45, 7) is 2.28. The van der Waals surface area contributed by atoms with Gasteiger partial charge in [-0.25, -0.2) is 4.79 Å². The standard InChI is InChI=1S/C29H25ClN4O4S/c1-17-6-2-3-7-21(17)32-25(35)13-15-34-27(26(33-29(34)39)22-8-4-5-14-31-22)24-12-11-23(38-24)19-16-18(28(36)37)9-10-20(19)30/h2-12,14,16,26-27H,13,15H2,1H3,(H,32,35)(H,33,39)(H,36,37)/t26-,27+/m0/s1. The van der Waals surface area contributed by atoms with E-state index in [1.54, 1.807) is 12.3 Å². The van der Waals surface area contributed by atoms with E-state index in [-0.39, 0.29) is 23.9 Å². The first kappa shape index (κ1) is 26.4. The molecule has 5 rings (SSSR count). The van der Waals surface area contributed by atoms with Gasteiger partial charge >= 0.3 is 5.97 Å². The molecule has 0 radical (unpaired) electrons. The van der Waals surface area contributed by atoms with Gasteiger partial charge in [0, 0.05) is 30.4 Å². The number of halogens is 1. The molecule has 2 aromatic carbocycles. The number of nitrogens with zero attached hydrogens (tertiary/aromatic N) is 2. The van der Waals surface area contributed by atoms with Crippen molar-refractivity contribution in [3.8, 4) is 11.3 Å². The van der Waals surface area contributed by atoms with E-state index in [2.05, 4.69) is 15.6 Å². The quantitative estimate of drug-likeness (QED) is 0.225. The molecular weight excluding hydrogens is 536 g/mol. The van der Waals surface area contributed by atoms with Gasteiger partial charge in [-0.1, -0.05) is 35.9 Å². The van der Waals surface area contributed by atoms with Crippen LogP contribution in [0.1, 0.15) is 45.9 Å². The summed E-state index contributed by atoms with van der Waals surface area (Å²) in [6.07, 6.45) is 1.90. The Morgan fingerprint density at radius 2 is 1.92 bits per heavy atom. The number of aryl methyl sites for hydroxylation is 1. The molecule has 10 heteroatoms. The number of amides is 1. The van der Waals surface area contributed by atoms with E-state index in [0.717, 1.165) is 16.9 Å². The average molecular weight is 561 g/mol. The van der Waals surface area contributed by atoms with Gasteiger partial charge < -0.3 is 25.1 Å². The highest BCUT2D eigenvalue weighted by atomic mass is 35.5. The van der Waals surface area contributed by atoms with Gasteiger partial charge in [0.1, 0.15) is 17.6 Å². The Bertz CT molecular complexity index is 1540. The number of rotatable bonds is 8. The van der Waals surface area contributed by atoms with Crippen molar-refractivity contribution >= 4 is 46.5 Å². The molecule has 1 amide bonds. The van der Waals surface area contributed by atoms with Gasteiger partial charge in [-0.3, -0.25) is 9.78 Å². The van der Waals surface area contributed by atoms with Crippen molar-refractivity contribution in [3.63, 3.8) is 0 Å². The fraction of sp³-hybridized carbons (Fsp3) is 0.172. The molecule has 4 aromatic rings. The van der Waals surface area contributed by atoms with Crippen LogP contribution in [0.3, 0.4) is 0 Å². The van der Waals surface area contributed by atoms with E-state index in [0.29, 0.717) is 33.8 Å². The zero-order valence-electron chi connectivity index (χ0n) is 20.9. The number of thiocarbonyl (C=S) groups is 1. The largest absolute Gasteiger partial charge is 0.478 e. The predicted molar refractivity (Wildman–Crippen MR) is 153 cm³/mol. The molecule has 0 saturated carbocycles. The summed E-state index contributed by atoms with van der Waals surface area (Å²) in [5, 5.41) is 16.6. The molecule has 0 spiro atoms. The van der Waals surface area contributed by atoms with Crippen molar-refractivity contribution in [1.29, 1.82) is 0 Å². The number of pyridine rings is 1. The summed E-state index contributed by atoms with van der Waals surface area (Å²) in [7, 11) is 0. The number of hydrogen-bond donors (Lipinski definition) is 3. The van der Waals surface area contributed by atoms with Crippen LogP contribution >= 0.6 is 23.8 Å². The first-order valence-electron chi connectivity index (χ1n) is 12.3. The second-order valence-corrected chi connectivity index (χ2v) is 9.93. The topological polar surface area (TPSA) is 108 Å². The van der Waals surface area contributed by atoms with E-state index >= 15 is 0 Å². The number of furan rings is 1. The van der Waals surface area contributed by atoms with Crippen LogP contribution in [0, 0.1) is 6.92 Å². The van der Waals surface area contributed by atoms with Crippen LogP contribution in [-0.4, -0.2) is 38.5 Å². The number of anilines is 1. The highest BCUT2D eigenvalue weighted by Crippen LogP contribution is 2.41. The Labute approximate surface area is 235 Å². The van der Waals surface area contributed by atoms with Gasteiger partial charge in [-0.2, -0.15) is 0 Å². The molecule has 2 atom stereocenters. The smallest absolute Gasteiger partial charge is 0.335 e. The molecule has 1 saturated heterocycles. The molecule has 39 heavy (non-hydrogen) atoms. The van der Waals surface area contributed by atoms with Crippen LogP contribution < -0.4 is 10.6 Å². The lowest BCUT2D eigenvalue weighted by atomic mass is 10.0. The van der Waals surface area contributed by atoms with Gasteiger partial charge in [0.2, 0.25) is 5.91 Å². The lowest BCUT2D eigenvalue weighted by molar-refractivity contribution is -0.116. The molecule has 3 heterocycles. The summed E-state index contributed by atoms with van der Waals surface area (Å²) >= 11 is 12.1. The highest BCUT2D eigenvalue weighted by Gasteiger charge is 2.41. The molecule has 1 aliphatic heterocycles. The molecule has 3 N–H and O–H groups in total. The lowest BCUT2D eigenvalue weighted by Crippen LogP contribution is -2.32. The van der Waals surface area contributed by atoms with Crippen LogP contribution in [0.4, 0.5) is 5.69 Å². The third-order valence-corrected chi connectivity index (χ3v) is 7.28. The van der Waals surface area contributed by atoms with E-state index in [4.69, 9.17) is 28.2 Å². The zero-order chi connectivity index (χ0) is 27.5. The Morgan fingerprint density at radius 3 is 2.67 bits per heavy atom. The van der Waals surface area contributed by atoms with Gasteiger partial charge in [-0.05, 0) is 73.2 Å². The van der Waals surface area contributed by atoms with Crippen molar-refractivity contribution in [3.05, 3.63) is 107 Å². The summed E-state index contributed by atoms with van der Waals surface area (Å²) in [5.74, 6) is -0.197. The lowest BCUT2D eigenvalue weighted by Gasteiger charge is -2.26. The Hall–Kier alpha value is -4.21. The number of aromatic nitrogens is 1. The van der Waals surface area contributed by atoms with Crippen LogP contribution in [0.5, 0.6) is 0 Å². The predicted octanol–water partition coefficient (Wildman–Crippen LogP) is 6.00. The summed E-state index contributed by atoms with van der Waals surface area (Å²) in [5.41, 5.74) is 3.08. The van der Waals surface area contributed by atoms with Crippen LogP contribution in [0.15, 0.2) is 83.4 Å². The zero-order valence-corrected chi connectivity index (χ0v) is 22.5. The van der Waals surface area contributed by atoms with Gasteiger partial charge in [-0.15, -0.1) is 0 Å². The molecule has 8 nitrogen and oxygen atoms in total. The maximum atomic E-state index is 12.8. The van der Waals surface area contributed by atoms with Crippen LogP contribution in [0.25, 0.3) is 11.3 Å². The minimum Gasteiger partial charge on any atom is -0.478 e. The number of nitrogens with one attached hydrogen (secondary N) is 2. The van der Waals surface area contributed by atoms with Crippen molar-refractivity contribution < 1.29 is 19.1 Å². The van der Waals surface area contributed by atoms with Gasteiger partial charge in [0.25, 0.3) is 0 Å². The molecule has 0 unspecified atom stereocenters. The fourth-order valence-electron chi connectivity index (χ4n) is 4.61. The number of para-hydroxylation sites is 1. The molecule has 0 bridgehead atoms.